The first-order chi connectivity index (χ1) is 13.2. The molecule has 0 unspecified atom stereocenters. The quantitative estimate of drug-likeness (QED) is 0.216. The summed E-state index contributed by atoms with van der Waals surface area (Å²) in [4.78, 5) is 29.1. The van der Waals surface area contributed by atoms with E-state index in [-0.39, 0.29) is 26.2 Å². The predicted octanol–water partition coefficient (Wildman–Crippen LogP) is -4.00. The number of carboxylic acids is 2. The first-order valence-corrected chi connectivity index (χ1v) is 9.21. The molecule has 12 heteroatoms. The van der Waals surface area contributed by atoms with Crippen molar-refractivity contribution in [2.45, 2.75) is 12.6 Å². The van der Waals surface area contributed by atoms with E-state index in [2.05, 4.69) is 0 Å². The van der Waals surface area contributed by atoms with Crippen molar-refractivity contribution in [3.8, 4) is 0 Å². The molecule has 1 heterocycles. The van der Waals surface area contributed by atoms with Crippen LogP contribution in [-0.4, -0.2) is 153 Å². The van der Waals surface area contributed by atoms with E-state index in [0.29, 0.717) is 52.4 Å². The van der Waals surface area contributed by atoms with Gasteiger partial charge in [0.15, 0.2) is 12.6 Å². The lowest BCUT2D eigenvalue weighted by Gasteiger charge is -2.33. The summed E-state index contributed by atoms with van der Waals surface area (Å²) in [5.41, 5.74) is 0. The predicted molar refractivity (Wildman–Crippen MR) is 97.5 cm³/mol. The third kappa shape index (κ3) is 11.5. The summed E-state index contributed by atoms with van der Waals surface area (Å²) in [5, 5.41) is 55.3. The van der Waals surface area contributed by atoms with E-state index in [0.717, 1.165) is 0 Å². The van der Waals surface area contributed by atoms with Crippen LogP contribution in [-0.2, 0) is 9.59 Å². The summed E-state index contributed by atoms with van der Waals surface area (Å²) in [7, 11) is 0. The van der Waals surface area contributed by atoms with Crippen molar-refractivity contribution in [1.82, 2.24) is 19.6 Å². The van der Waals surface area contributed by atoms with Crippen LogP contribution in [0.15, 0.2) is 0 Å². The van der Waals surface area contributed by atoms with Gasteiger partial charge in [-0.2, -0.15) is 0 Å². The minimum Gasteiger partial charge on any atom is -0.480 e. The summed E-state index contributed by atoms with van der Waals surface area (Å²) >= 11 is 0. The first-order valence-electron chi connectivity index (χ1n) is 9.21. The standard InChI is InChI=1S/C16H32N4O8/c21-13(22)9-17-1-2-18(10-14(23)24)5-6-20(12-16(27)28)8-7-19(4-3-17)11-15(25)26/h13-14,21-24H,1-12H2,(H,25,26)(H,27,28). The van der Waals surface area contributed by atoms with Gasteiger partial charge in [-0.05, 0) is 0 Å². The minimum atomic E-state index is -1.54. The number of aliphatic carboxylic acids is 2. The normalized spacial score (nSPS) is 20.2. The number of aliphatic hydroxyl groups is 4. The Hall–Kier alpha value is -1.38. The molecule has 1 aliphatic rings. The van der Waals surface area contributed by atoms with Gasteiger partial charge in [0.25, 0.3) is 0 Å². The second-order valence-corrected chi connectivity index (χ2v) is 6.90. The first kappa shape index (κ1) is 24.7. The molecule has 1 saturated heterocycles. The van der Waals surface area contributed by atoms with Gasteiger partial charge in [0.1, 0.15) is 0 Å². The summed E-state index contributed by atoms with van der Waals surface area (Å²) in [6, 6.07) is 0. The Morgan fingerprint density at radius 2 is 0.821 bits per heavy atom. The van der Waals surface area contributed by atoms with Crippen LogP contribution in [0.4, 0.5) is 0 Å². The van der Waals surface area contributed by atoms with E-state index < -0.39 is 24.5 Å². The average Bonchev–Trinajstić information content (AvgIpc) is 2.55. The summed E-state index contributed by atoms with van der Waals surface area (Å²) in [6.45, 7) is 2.59. The SMILES string of the molecule is O=C(O)CN1CCN(CC(=O)O)CCN(CC(O)O)CCN(CC(O)O)CC1. The molecule has 0 atom stereocenters. The monoisotopic (exact) mass is 408 g/mol. The number of hydrogen-bond donors (Lipinski definition) is 6. The molecule has 0 bridgehead atoms. The molecule has 0 aromatic carbocycles. The van der Waals surface area contributed by atoms with E-state index >= 15 is 0 Å². The third-order valence-electron chi connectivity index (χ3n) is 4.49. The highest BCUT2D eigenvalue weighted by Crippen LogP contribution is 2.02. The van der Waals surface area contributed by atoms with E-state index in [4.69, 9.17) is 10.2 Å². The maximum absolute atomic E-state index is 11.1. The Bertz CT molecular complexity index is 438. The highest BCUT2D eigenvalue weighted by molar-refractivity contribution is 5.69. The van der Waals surface area contributed by atoms with Gasteiger partial charge in [0.2, 0.25) is 0 Å². The smallest absolute Gasteiger partial charge is 0.317 e. The van der Waals surface area contributed by atoms with Gasteiger partial charge in [-0.25, -0.2) is 0 Å². The zero-order valence-corrected chi connectivity index (χ0v) is 15.9. The topological polar surface area (TPSA) is 168 Å². The Morgan fingerprint density at radius 3 is 1.04 bits per heavy atom. The van der Waals surface area contributed by atoms with Crippen molar-refractivity contribution in [2.75, 3.05) is 78.5 Å². The molecule has 12 nitrogen and oxygen atoms in total. The largest absolute Gasteiger partial charge is 0.480 e. The van der Waals surface area contributed by atoms with Crippen LogP contribution in [0.3, 0.4) is 0 Å². The van der Waals surface area contributed by atoms with Crippen LogP contribution in [0.2, 0.25) is 0 Å². The van der Waals surface area contributed by atoms with Crippen molar-refractivity contribution >= 4 is 11.9 Å². The third-order valence-corrected chi connectivity index (χ3v) is 4.49. The number of aliphatic hydroxyl groups excluding tert-OH is 2. The maximum atomic E-state index is 11.1. The Balaban J connectivity index is 2.87. The number of hydrogen-bond acceptors (Lipinski definition) is 10. The van der Waals surface area contributed by atoms with Crippen molar-refractivity contribution in [2.24, 2.45) is 0 Å². The highest BCUT2D eigenvalue weighted by Gasteiger charge is 2.20. The van der Waals surface area contributed by atoms with E-state index in [1.165, 1.54) is 0 Å². The zero-order chi connectivity index (χ0) is 21.1. The Labute approximate surface area is 163 Å². The van der Waals surface area contributed by atoms with E-state index in [1.54, 1.807) is 19.6 Å². The fourth-order valence-electron chi connectivity index (χ4n) is 3.10. The molecule has 1 aliphatic heterocycles. The lowest BCUT2D eigenvalue weighted by molar-refractivity contribution is -0.140. The van der Waals surface area contributed by atoms with E-state index in [1.807, 2.05) is 0 Å². The second kappa shape index (κ2) is 13.0. The molecule has 0 amide bonds. The molecule has 164 valence electrons. The van der Waals surface area contributed by atoms with Crippen LogP contribution in [0.1, 0.15) is 0 Å². The maximum Gasteiger partial charge on any atom is 0.317 e. The fraction of sp³-hybridized carbons (Fsp3) is 0.875. The van der Waals surface area contributed by atoms with Gasteiger partial charge in [-0.1, -0.05) is 0 Å². The Kier molecular flexibility index (Phi) is 11.4. The van der Waals surface area contributed by atoms with Gasteiger partial charge in [0.05, 0.1) is 13.1 Å². The van der Waals surface area contributed by atoms with Gasteiger partial charge in [-0.15, -0.1) is 0 Å². The zero-order valence-electron chi connectivity index (χ0n) is 15.9. The number of carbonyl (C=O) groups is 2. The molecule has 0 radical (unpaired) electrons. The molecular weight excluding hydrogens is 376 g/mol. The molecular formula is C16H32N4O8. The van der Waals surface area contributed by atoms with E-state index in [9.17, 15) is 30.0 Å². The van der Waals surface area contributed by atoms with Gasteiger partial charge < -0.3 is 30.6 Å². The number of nitrogens with zero attached hydrogens (tertiary/aromatic N) is 4. The van der Waals surface area contributed by atoms with Crippen LogP contribution in [0.25, 0.3) is 0 Å². The van der Waals surface area contributed by atoms with Gasteiger partial charge in [-0.3, -0.25) is 29.2 Å². The van der Waals surface area contributed by atoms with Gasteiger partial charge in [0, 0.05) is 65.4 Å². The number of β-amino-alcohol motifs (C(OH)–C–C–N with tert-alkyl or cyclic N) is 4. The molecule has 28 heavy (non-hydrogen) atoms. The highest BCUT2D eigenvalue weighted by atomic mass is 16.5. The summed E-state index contributed by atoms with van der Waals surface area (Å²) < 4.78 is 0. The van der Waals surface area contributed by atoms with Crippen molar-refractivity contribution in [3.63, 3.8) is 0 Å². The molecule has 0 aromatic rings. The summed E-state index contributed by atoms with van der Waals surface area (Å²) in [6.07, 6.45) is -3.08. The molecule has 1 rings (SSSR count). The number of carboxylic acid groups (broad SMARTS) is 2. The molecule has 0 aliphatic carbocycles. The summed E-state index contributed by atoms with van der Waals surface area (Å²) in [5.74, 6) is -1.98. The second-order valence-electron chi connectivity index (χ2n) is 6.90. The Morgan fingerprint density at radius 1 is 0.571 bits per heavy atom. The van der Waals surface area contributed by atoms with Crippen molar-refractivity contribution < 1.29 is 40.2 Å². The van der Waals surface area contributed by atoms with Crippen LogP contribution in [0, 0.1) is 0 Å². The van der Waals surface area contributed by atoms with Gasteiger partial charge >= 0.3 is 11.9 Å². The van der Waals surface area contributed by atoms with Crippen LogP contribution >= 0.6 is 0 Å². The fourth-order valence-corrected chi connectivity index (χ4v) is 3.10. The van der Waals surface area contributed by atoms with Crippen molar-refractivity contribution in [3.05, 3.63) is 0 Å². The van der Waals surface area contributed by atoms with Crippen molar-refractivity contribution in [1.29, 1.82) is 0 Å². The average molecular weight is 408 g/mol. The lowest BCUT2D eigenvalue weighted by atomic mass is 10.3. The lowest BCUT2D eigenvalue weighted by Crippen LogP contribution is -2.49. The molecule has 0 saturated carbocycles. The van der Waals surface area contributed by atoms with Crippen LogP contribution < -0.4 is 0 Å². The van der Waals surface area contributed by atoms with Crippen LogP contribution in [0.5, 0.6) is 0 Å². The minimum absolute atomic E-state index is 0.0123. The molecule has 0 aromatic heterocycles. The molecule has 6 N–H and O–H groups in total. The molecule has 0 spiro atoms. The number of rotatable bonds is 8. The molecule has 1 fully saturated rings.